The summed E-state index contributed by atoms with van der Waals surface area (Å²) in [6.45, 7) is 0. The average molecular weight is 550 g/mol. The van der Waals surface area contributed by atoms with E-state index in [0.29, 0.717) is 12.1 Å². The Bertz CT molecular complexity index is 1350. The van der Waals surface area contributed by atoms with Gasteiger partial charge < -0.3 is 20.9 Å². The van der Waals surface area contributed by atoms with Gasteiger partial charge in [0.05, 0.1) is 22.5 Å². The highest BCUT2D eigenvalue weighted by Gasteiger charge is 2.40. The van der Waals surface area contributed by atoms with E-state index >= 15 is 0 Å². The monoisotopic (exact) mass is 550 g/mol. The first-order valence-corrected chi connectivity index (χ1v) is 9.38. The van der Waals surface area contributed by atoms with Gasteiger partial charge in [0, 0.05) is 24.3 Å². The van der Waals surface area contributed by atoms with Gasteiger partial charge in [0.15, 0.2) is 11.6 Å². The van der Waals surface area contributed by atoms with Gasteiger partial charge in [-0.1, -0.05) is 0 Å². The lowest BCUT2D eigenvalue weighted by molar-refractivity contribution is -0.142. The number of nitrogens with two attached hydrogens (primary N) is 2. The number of hydrogen-bond donors (Lipinski definition) is 2. The number of benzene rings is 3. The van der Waals surface area contributed by atoms with E-state index in [4.69, 9.17) is 20.9 Å². The van der Waals surface area contributed by atoms with Gasteiger partial charge in [0.1, 0.15) is 34.4 Å². The van der Waals surface area contributed by atoms with Crippen molar-refractivity contribution in [2.24, 2.45) is 0 Å². The smallest absolute Gasteiger partial charge is 0.422 e. The molecular weight excluding hydrogens is 540 g/mol. The van der Waals surface area contributed by atoms with Crippen molar-refractivity contribution in [2.75, 3.05) is 11.5 Å². The highest BCUT2D eigenvalue weighted by Crippen LogP contribution is 2.45. The molecule has 0 atom stereocenters. The predicted molar refractivity (Wildman–Crippen MR) is 103 cm³/mol. The van der Waals surface area contributed by atoms with Crippen molar-refractivity contribution in [3.63, 3.8) is 0 Å². The van der Waals surface area contributed by atoms with Crippen LogP contribution in [0.25, 0.3) is 0 Å². The van der Waals surface area contributed by atoms with Crippen molar-refractivity contribution in [1.29, 1.82) is 0 Å². The van der Waals surface area contributed by atoms with E-state index in [-0.39, 0.29) is 24.3 Å². The largest absolute Gasteiger partial charge is 0.457 e. The highest BCUT2D eigenvalue weighted by atomic mass is 19.4. The van der Waals surface area contributed by atoms with Crippen molar-refractivity contribution >= 4 is 11.4 Å². The van der Waals surface area contributed by atoms with Crippen LogP contribution in [0, 0.1) is 17.5 Å². The Kier molecular flexibility index (Phi) is 6.83. The number of rotatable bonds is 4. The molecule has 16 heteroatoms. The summed E-state index contributed by atoms with van der Waals surface area (Å²) in [7, 11) is 0. The Hall–Kier alpha value is -3.98. The highest BCUT2D eigenvalue weighted by molar-refractivity contribution is 5.54. The molecule has 3 aromatic rings. The van der Waals surface area contributed by atoms with Crippen molar-refractivity contribution < 1.29 is 62.2 Å². The van der Waals surface area contributed by atoms with E-state index in [0.717, 1.165) is 0 Å². The first-order chi connectivity index (χ1) is 16.8. The number of anilines is 2. The topological polar surface area (TPSA) is 70.5 Å². The molecule has 0 heterocycles. The minimum atomic E-state index is -5.50. The van der Waals surface area contributed by atoms with Gasteiger partial charge in [0.25, 0.3) is 0 Å². The lowest BCUT2D eigenvalue weighted by Gasteiger charge is -2.18. The maximum atomic E-state index is 14.4. The Labute approximate surface area is 198 Å². The zero-order chi connectivity index (χ0) is 28.1. The Balaban J connectivity index is 2.13. The van der Waals surface area contributed by atoms with Crippen molar-refractivity contribution in [3.05, 3.63) is 70.5 Å². The summed E-state index contributed by atoms with van der Waals surface area (Å²) < 4.78 is 170. The number of nitrogen functional groups attached to an aromatic ring is 2. The van der Waals surface area contributed by atoms with Gasteiger partial charge >= 0.3 is 18.5 Å². The fourth-order valence-corrected chi connectivity index (χ4v) is 3.00. The standard InChI is InChI=1S/C21H10F12N2O2/c22-12-3-9(36-7-1-10(19(25,26)27)17(23)13(34)4-7)6-15(16(12)21(31,32)33)37-8-2-11(20(28,29)30)18(24)14(35)5-8/h1-6H,34-35H2. The van der Waals surface area contributed by atoms with Crippen LogP contribution in [0.4, 0.5) is 64.1 Å². The third-order valence-electron chi connectivity index (χ3n) is 4.53. The van der Waals surface area contributed by atoms with Gasteiger partial charge in [-0.3, -0.25) is 0 Å². The molecule has 0 saturated heterocycles. The molecule has 0 aliphatic heterocycles. The minimum absolute atomic E-state index is 0.0481. The summed E-state index contributed by atoms with van der Waals surface area (Å²) in [6, 6.07) is 1.27. The summed E-state index contributed by atoms with van der Waals surface area (Å²) in [5.41, 5.74) is 1.96. The molecule has 0 unspecified atom stereocenters. The molecule has 3 rings (SSSR count). The second-order valence-corrected chi connectivity index (χ2v) is 7.22. The summed E-state index contributed by atoms with van der Waals surface area (Å²) in [5, 5.41) is 0. The molecule has 0 bridgehead atoms. The molecule has 37 heavy (non-hydrogen) atoms. The molecule has 0 fully saturated rings. The fraction of sp³-hybridized carbons (Fsp3) is 0.143. The van der Waals surface area contributed by atoms with Crippen LogP contribution in [0.1, 0.15) is 16.7 Å². The predicted octanol–water partition coefficient (Wildman–Crippen LogP) is 7.91. The van der Waals surface area contributed by atoms with Crippen LogP contribution in [0.5, 0.6) is 23.0 Å². The van der Waals surface area contributed by atoms with Gasteiger partial charge in [-0.2, -0.15) is 39.5 Å². The van der Waals surface area contributed by atoms with E-state index in [1.165, 1.54) is 0 Å². The number of halogens is 12. The summed E-state index contributed by atoms with van der Waals surface area (Å²) in [6.07, 6.45) is -16.1. The van der Waals surface area contributed by atoms with E-state index in [1.54, 1.807) is 0 Å². The van der Waals surface area contributed by atoms with Crippen LogP contribution in [0.2, 0.25) is 0 Å². The van der Waals surface area contributed by atoms with E-state index < -0.39 is 87.0 Å². The minimum Gasteiger partial charge on any atom is -0.457 e. The molecule has 3 aromatic carbocycles. The van der Waals surface area contributed by atoms with Crippen molar-refractivity contribution in [3.8, 4) is 23.0 Å². The molecule has 0 radical (unpaired) electrons. The zero-order valence-corrected chi connectivity index (χ0v) is 17.5. The molecule has 0 aliphatic carbocycles. The van der Waals surface area contributed by atoms with Crippen molar-refractivity contribution in [1.82, 2.24) is 0 Å². The molecule has 200 valence electrons. The third kappa shape index (κ3) is 5.89. The first-order valence-electron chi connectivity index (χ1n) is 9.38. The van der Waals surface area contributed by atoms with Crippen LogP contribution < -0.4 is 20.9 Å². The van der Waals surface area contributed by atoms with Crippen LogP contribution in [0.15, 0.2) is 36.4 Å². The molecule has 0 spiro atoms. The maximum absolute atomic E-state index is 14.4. The van der Waals surface area contributed by atoms with Gasteiger partial charge in [-0.15, -0.1) is 0 Å². The average Bonchev–Trinajstić information content (AvgIpc) is 2.70. The number of hydrogen-bond acceptors (Lipinski definition) is 4. The quantitative estimate of drug-likeness (QED) is 0.256. The lowest BCUT2D eigenvalue weighted by Crippen LogP contribution is -2.12. The van der Waals surface area contributed by atoms with Gasteiger partial charge in [-0.25, -0.2) is 13.2 Å². The fourth-order valence-electron chi connectivity index (χ4n) is 3.00. The summed E-state index contributed by atoms with van der Waals surface area (Å²) in [4.78, 5) is 0. The van der Waals surface area contributed by atoms with Crippen LogP contribution >= 0.6 is 0 Å². The second kappa shape index (κ2) is 9.15. The van der Waals surface area contributed by atoms with Crippen molar-refractivity contribution in [2.45, 2.75) is 18.5 Å². The molecule has 0 aromatic heterocycles. The lowest BCUT2D eigenvalue weighted by atomic mass is 10.1. The molecule has 0 amide bonds. The maximum Gasteiger partial charge on any atom is 0.422 e. The molecular formula is C21H10F12N2O2. The second-order valence-electron chi connectivity index (χ2n) is 7.22. The van der Waals surface area contributed by atoms with E-state index in [2.05, 4.69) is 0 Å². The molecule has 0 aliphatic rings. The molecule has 4 nitrogen and oxygen atoms in total. The zero-order valence-electron chi connectivity index (χ0n) is 17.5. The Morgan fingerprint density at radius 1 is 0.514 bits per heavy atom. The molecule has 4 N–H and O–H groups in total. The SMILES string of the molecule is Nc1cc(Oc2cc(F)c(C(F)(F)F)c(Oc3cc(N)c(F)c(C(F)(F)F)c3)c2)cc(C(F)(F)F)c1F. The summed E-state index contributed by atoms with van der Waals surface area (Å²) >= 11 is 0. The number of ether oxygens (including phenoxy) is 2. The number of alkyl halides is 9. The summed E-state index contributed by atoms with van der Waals surface area (Å²) in [5.74, 6) is -10.4. The first kappa shape index (κ1) is 27.6. The van der Waals surface area contributed by atoms with E-state index in [1.807, 2.05) is 0 Å². The normalized spacial score (nSPS) is 12.5. The van der Waals surface area contributed by atoms with Crippen LogP contribution in [-0.4, -0.2) is 0 Å². The van der Waals surface area contributed by atoms with E-state index in [9.17, 15) is 52.7 Å². The molecule has 0 saturated carbocycles. The van der Waals surface area contributed by atoms with Gasteiger partial charge in [0.2, 0.25) is 0 Å². The van der Waals surface area contributed by atoms with Crippen LogP contribution in [0.3, 0.4) is 0 Å². The Morgan fingerprint density at radius 3 is 1.32 bits per heavy atom. The Morgan fingerprint density at radius 2 is 0.919 bits per heavy atom. The van der Waals surface area contributed by atoms with Gasteiger partial charge in [-0.05, 0) is 12.1 Å². The third-order valence-corrected chi connectivity index (χ3v) is 4.53. The van der Waals surface area contributed by atoms with Crippen LogP contribution in [-0.2, 0) is 18.5 Å².